The number of hydrogen-bond acceptors (Lipinski definition) is 2. The van der Waals surface area contributed by atoms with Crippen LogP contribution in [-0.2, 0) is 10.3 Å². The predicted molar refractivity (Wildman–Crippen MR) is 105 cm³/mol. The first-order chi connectivity index (χ1) is 12.3. The topological polar surface area (TPSA) is 12.5 Å². The molecule has 0 saturated heterocycles. The Morgan fingerprint density at radius 3 is 1.92 bits per heavy atom. The Morgan fingerprint density at radius 2 is 1.52 bits per heavy atom. The molecular weight excluding hydrogens is 306 g/mol. The second-order valence-corrected chi connectivity index (χ2v) is 7.20. The fourth-order valence-electron chi connectivity index (χ4n) is 3.94. The molecule has 1 saturated carbocycles. The molecular formula is C23H31NO. The van der Waals surface area contributed by atoms with Gasteiger partial charge in [-0.25, -0.2) is 0 Å². The highest BCUT2D eigenvalue weighted by atomic mass is 16.5. The van der Waals surface area contributed by atoms with E-state index in [2.05, 4.69) is 72.5 Å². The third kappa shape index (κ3) is 4.13. The van der Waals surface area contributed by atoms with Crippen LogP contribution in [0.4, 0.5) is 0 Å². The van der Waals surface area contributed by atoms with Crippen molar-refractivity contribution in [3.8, 4) is 0 Å². The second-order valence-electron chi connectivity index (χ2n) is 7.20. The molecule has 0 bridgehead atoms. The first-order valence-corrected chi connectivity index (χ1v) is 9.67. The molecule has 2 aromatic rings. The van der Waals surface area contributed by atoms with Gasteiger partial charge in [0.15, 0.2) is 0 Å². The monoisotopic (exact) mass is 337 g/mol. The summed E-state index contributed by atoms with van der Waals surface area (Å²) in [5, 5.41) is 0. The van der Waals surface area contributed by atoms with Crippen LogP contribution in [0.25, 0.3) is 0 Å². The van der Waals surface area contributed by atoms with Gasteiger partial charge in [-0.15, -0.1) is 0 Å². The van der Waals surface area contributed by atoms with Crippen molar-refractivity contribution in [3.63, 3.8) is 0 Å². The average Bonchev–Trinajstić information content (AvgIpc) is 2.65. The van der Waals surface area contributed by atoms with Gasteiger partial charge in [0.05, 0.1) is 0 Å². The van der Waals surface area contributed by atoms with E-state index in [-0.39, 0.29) is 5.60 Å². The van der Waals surface area contributed by atoms with Gasteiger partial charge in [0.1, 0.15) is 5.60 Å². The van der Waals surface area contributed by atoms with Crippen LogP contribution in [0.2, 0.25) is 0 Å². The van der Waals surface area contributed by atoms with Crippen LogP contribution in [0.3, 0.4) is 0 Å². The highest BCUT2D eigenvalue weighted by Gasteiger charge is 2.34. The number of methoxy groups -OCH3 is 1. The van der Waals surface area contributed by atoms with Crippen molar-refractivity contribution < 1.29 is 4.74 Å². The van der Waals surface area contributed by atoms with Crippen molar-refractivity contribution in [3.05, 3.63) is 71.8 Å². The Morgan fingerprint density at radius 1 is 0.960 bits per heavy atom. The molecule has 2 nitrogen and oxygen atoms in total. The largest absolute Gasteiger partial charge is 0.369 e. The summed E-state index contributed by atoms with van der Waals surface area (Å²) in [5.74, 6) is 0.908. The third-order valence-corrected chi connectivity index (χ3v) is 5.80. The van der Waals surface area contributed by atoms with Crippen LogP contribution < -0.4 is 0 Å². The van der Waals surface area contributed by atoms with Crippen molar-refractivity contribution in [2.45, 2.75) is 38.2 Å². The van der Waals surface area contributed by atoms with Crippen molar-refractivity contribution in [1.29, 1.82) is 0 Å². The van der Waals surface area contributed by atoms with Crippen molar-refractivity contribution in [2.24, 2.45) is 5.92 Å². The molecule has 0 N–H and O–H groups in total. The zero-order chi connectivity index (χ0) is 17.5. The molecule has 2 heteroatoms. The normalized spacial score (nSPS) is 15.3. The summed E-state index contributed by atoms with van der Waals surface area (Å²) in [6, 6.07) is 21.4. The Kier molecular flexibility index (Phi) is 6.28. The molecule has 1 aliphatic carbocycles. The smallest absolute Gasteiger partial charge is 0.119 e. The standard InChI is InChI=1S/C23H31NO/c1-3-24(19-20-11-10-12-20)18-17-23(25-2,21-13-6-4-7-14-21)22-15-8-5-9-16-22/h4-9,13-16,20H,3,10-12,17-19H2,1-2H3. The number of rotatable bonds is 9. The van der Waals surface area contributed by atoms with Crippen molar-refractivity contribution in [2.75, 3.05) is 26.7 Å². The third-order valence-electron chi connectivity index (χ3n) is 5.80. The number of nitrogens with zero attached hydrogens (tertiary/aromatic N) is 1. The van der Waals surface area contributed by atoms with Gasteiger partial charge in [0, 0.05) is 20.2 Å². The summed E-state index contributed by atoms with van der Waals surface area (Å²) >= 11 is 0. The van der Waals surface area contributed by atoms with Crippen LogP contribution in [0.15, 0.2) is 60.7 Å². The molecule has 134 valence electrons. The van der Waals surface area contributed by atoms with E-state index < -0.39 is 0 Å². The predicted octanol–water partition coefficient (Wildman–Crippen LogP) is 5.09. The molecule has 0 heterocycles. The maximum Gasteiger partial charge on any atom is 0.119 e. The van der Waals surface area contributed by atoms with Gasteiger partial charge in [-0.1, -0.05) is 74.0 Å². The first kappa shape index (κ1) is 18.2. The molecule has 25 heavy (non-hydrogen) atoms. The minimum absolute atomic E-state index is 0.379. The maximum absolute atomic E-state index is 6.22. The minimum atomic E-state index is -0.379. The molecule has 1 aliphatic rings. The Labute approximate surface area is 152 Å². The van der Waals surface area contributed by atoms with E-state index >= 15 is 0 Å². The molecule has 0 aliphatic heterocycles. The van der Waals surface area contributed by atoms with E-state index in [1.807, 2.05) is 7.11 Å². The highest BCUT2D eigenvalue weighted by Crippen LogP contribution is 2.37. The van der Waals surface area contributed by atoms with E-state index in [1.54, 1.807) is 0 Å². The summed E-state index contributed by atoms with van der Waals surface area (Å²) in [6.45, 7) is 5.68. The summed E-state index contributed by atoms with van der Waals surface area (Å²) in [7, 11) is 1.85. The lowest BCUT2D eigenvalue weighted by molar-refractivity contribution is 0.00449. The zero-order valence-electron chi connectivity index (χ0n) is 15.7. The van der Waals surface area contributed by atoms with E-state index in [0.29, 0.717) is 0 Å². The van der Waals surface area contributed by atoms with E-state index in [4.69, 9.17) is 4.74 Å². The van der Waals surface area contributed by atoms with Gasteiger partial charge in [-0.05, 0) is 42.9 Å². The van der Waals surface area contributed by atoms with Gasteiger partial charge in [0.25, 0.3) is 0 Å². The number of hydrogen-bond donors (Lipinski definition) is 0. The van der Waals surface area contributed by atoms with E-state index in [0.717, 1.165) is 25.4 Å². The molecule has 0 spiro atoms. The lowest BCUT2D eigenvalue weighted by atomic mass is 9.82. The quantitative estimate of drug-likeness (QED) is 0.632. The van der Waals surface area contributed by atoms with Gasteiger partial charge < -0.3 is 9.64 Å². The Bertz CT molecular complexity index is 582. The summed E-state index contributed by atoms with van der Waals surface area (Å²) in [4.78, 5) is 2.60. The molecule has 1 fully saturated rings. The van der Waals surface area contributed by atoms with Crippen LogP contribution in [0.1, 0.15) is 43.7 Å². The van der Waals surface area contributed by atoms with Gasteiger partial charge >= 0.3 is 0 Å². The molecule has 0 unspecified atom stereocenters. The lowest BCUT2D eigenvalue weighted by Crippen LogP contribution is -2.38. The summed E-state index contributed by atoms with van der Waals surface area (Å²) in [5.41, 5.74) is 2.10. The van der Waals surface area contributed by atoms with E-state index in [9.17, 15) is 0 Å². The lowest BCUT2D eigenvalue weighted by Gasteiger charge is -2.37. The number of ether oxygens (including phenoxy) is 1. The zero-order valence-corrected chi connectivity index (χ0v) is 15.7. The second kappa shape index (κ2) is 8.64. The van der Waals surface area contributed by atoms with Gasteiger partial charge in [-0.3, -0.25) is 0 Å². The molecule has 2 aromatic carbocycles. The molecule has 3 rings (SSSR count). The fraction of sp³-hybridized carbons (Fsp3) is 0.478. The molecule has 0 amide bonds. The van der Waals surface area contributed by atoms with Gasteiger partial charge in [-0.2, -0.15) is 0 Å². The van der Waals surface area contributed by atoms with Crippen LogP contribution >= 0.6 is 0 Å². The Hall–Kier alpha value is -1.64. The Balaban J connectivity index is 1.83. The van der Waals surface area contributed by atoms with Crippen molar-refractivity contribution >= 4 is 0 Å². The van der Waals surface area contributed by atoms with Crippen LogP contribution in [0.5, 0.6) is 0 Å². The summed E-state index contributed by atoms with van der Waals surface area (Å²) in [6.07, 6.45) is 5.20. The fourth-order valence-corrected chi connectivity index (χ4v) is 3.94. The molecule has 0 radical (unpaired) electrons. The summed E-state index contributed by atoms with van der Waals surface area (Å²) < 4.78 is 6.22. The van der Waals surface area contributed by atoms with Crippen LogP contribution in [0, 0.1) is 5.92 Å². The van der Waals surface area contributed by atoms with Gasteiger partial charge in [0.2, 0.25) is 0 Å². The van der Waals surface area contributed by atoms with Crippen molar-refractivity contribution in [1.82, 2.24) is 4.90 Å². The minimum Gasteiger partial charge on any atom is -0.369 e. The first-order valence-electron chi connectivity index (χ1n) is 9.67. The van der Waals surface area contributed by atoms with Crippen LogP contribution in [-0.4, -0.2) is 31.6 Å². The number of benzene rings is 2. The highest BCUT2D eigenvalue weighted by molar-refractivity contribution is 5.36. The molecule has 0 aromatic heterocycles. The molecule has 0 atom stereocenters. The SMILES string of the molecule is CCN(CCC(OC)(c1ccccc1)c1ccccc1)CC1CCC1. The average molecular weight is 338 g/mol. The van der Waals surface area contributed by atoms with E-state index in [1.165, 1.54) is 36.9 Å². The maximum atomic E-state index is 6.22.